The summed E-state index contributed by atoms with van der Waals surface area (Å²) in [6, 6.07) is 0. The van der Waals surface area contributed by atoms with Crippen molar-refractivity contribution in [1.82, 2.24) is 0 Å². The highest BCUT2D eigenvalue weighted by Crippen LogP contribution is 2.72. The molecule has 0 heterocycles. The molecule has 1 N–H and O–H groups in total. The van der Waals surface area contributed by atoms with Crippen molar-refractivity contribution in [2.75, 3.05) is 0 Å². The molecule has 2 rings (SSSR count). The smallest absolute Gasteiger partial charge is 0.385 e. The first-order chi connectivity index (χ1) is 11.7. The molecule has 2 fully saturated rings. The lowest BCUT2D eigenvalue weighted by atomic mass is 9.69. The Morgan fingerprint density at radius 2 is 1.15 bits per heavy atom. The first-order valence-electron chi connectivity index (χ1n) is 10.5. The Morgan fingerprint density at radius 1 is 0.778 bits per heavy atom. The molecular weight excluding hydrogens is 356 g/mol. The molecule has 0 aromatic rings. The zero-order chi connectivity index (χ0) is 21.3. The molecule has 0 spiro atoms. The normalized spacial score (nSPS) is 34.3. The molecule has 0 radical (unpaired) electrons. The predicted octanol–water partition coefficient (Wildman–Crippen LogP) is 5.49. The van der Waals surface area contributed by atoms with Gasteiger partial charge in [-0.1, -0.05) is 20.8 Å². The summed E-state index contributed by atoms with van der Waals surface area (Å²) in [5.74, 6) is 0.454. The third-order valence-corrected chi connectivity index (χ3v) is 11.1. The average Bonchev–Trinajstić information content (AvgIpc) is 2.64. The van der Waals surface area contributed by atoms with Crippen LogP contribution in [0.25, 0.3) is 0 Å². The topological polar surface area (TPSA) is 47.9 Å². The molecule has 160 valence electrons. The van der Waals surface area contributed by atoms with Crippen LogP contribution in [0.15, 0.2) is 0 Å². The van der Waals surface area contributed by atoms with E-state index in [0.717, 1.165) is 12.8 Å². The average molecular weight is 401 g/mol. The van der Waals surface area contributed by atoms with Crippen LogP contribution < -0.4 is 0 Å². The zero-order valence-electron chi connectivity index (χ0n) is 19.9. The molecule has 2 saturated carbocycles. The molecule has 0 amide bonds. The van der Waals surface area contributed by atoms with Gasteiger partial charge >= 0.3 is 8.80 Å². The summed E-state index contributed by atoms with van der Waals surface area (Å²) in [5, 5.41) is 11.4. The van der Waals surface area contributed by atoms with Crippen LogP contribution in [0.4, 0.5) is 0 Å². The Morgan fingerprint density at radius 3 is 1.37 bits per heavy atom. The van der Waals surface area contributed by atoms with Gasteiger partial charge in [-0.3, -0.25) is 0 Å². The van der Waals surface area contributed by atoms with Crippen molar-refractivity contribution in [2.45, 2.75) is 124 Å². The Kier molecular flexibility index (Phi) is 5.42. The molecule has 2 aliphatic carbocycles. The third-order valence-electron chi connectivity index (χ3n) is 6.72. The minimum atomic E-state index is -3.55. The molecule has 5 heteroatoms. The maximum Gasteiger partial charge on any atom is 0.536 e. The lowest BCUT2D eigenvalue weighted by Crippen LogP contribution is -2.75. The van der Waals surface area contributed by atoms with Crippen molar-refractivity contribution < 1.29 is 18.4 Å². The molecule has 0 aromatic heterocycles. The molecule has 27 heavy (non-hydrogen) atoms. The molecule has 2 aliphatic rings. The summed E-state index contributed by atoms with van der Waals surface area (Å²) in [7, 11) is -3.55. The fourth-order valence-electron chi connectivity index (χ4n) is 5.26. The van der Waals surface area contributed by atoms with Crippen LogP contribution in [0.1, 0.15) is 102 Å². The molecule has 0 aliphatic heterocycles. The van der Waals surface area contributed by atoms with E-state index in [1.807, 2.05) is 62.3 Å². The van der Waals surface area contributed by atoms with Gasteiger partial charge in [-0.15, -0.1) is 0 Å². The van der Waals surface area contributed by atoms with E-state index < -0.39 is 30.8 Å². The standard InChI is InChI=1S/C22H44O4Si/c1-17(2,3)24-27(25-18(4,5)6,26-19(7,8)9)22(23)15-16-13-14-21(22,12)20(16,10)11/h16,23H,13-15H2,1-12H3. The molecular formula is C22H44O4Si. The van der Waals surface area contributed by atoms with Gasteiger partial charge in [-0.25, -0.2) is 0 Å². The summed E-state index contributed by atoms with van der Waals surface area (Å²) < 4.78 is 20.2. The van der Waals surface area contributed by atoms with Gasteiger partial charge < -0.3 is 18.4 Å². The van der Waals surface area contributed by atoms with E-state index in [0.29, 0.717) is 12.3 Å². The van der Waals surface area contributed by atoms with E-state index in [-0.39, 0.29) is 10.8 Å². The second kappa shape index (κ2) is 6.28. The van der Waals surface area contributed by atoms with Crippen LogP contribution in [0.5, 0.6) is 0 Å². The van der Waals surface area contributed by atoms with Crippen molar-refractivity contribution in [3.05, 3.63) is 0 Å². The minimum Gasteiger partial charge on any atom is -0.385 e. The molecule has 0 aromatic carbocycles. The van der Waals surface area contributed by atoms with Crippen LogP contribution in [0.2, 0.25) is 0 Å². The Balaban J connectivity index is 2.70. The van der Waals surface area contributed by atoms with E-state index in [9.17, 15) is 5.11 Å². The van der Waals surface area contributed by atoms with Gasteiger partial charge in [0.25, 0.3) is 0 Å². The van der Waals surface area contributed by atoms with E-state index in [1.54, 1.807) is 0 Å². The first-order valence-corrected chi connectivity index (χ1v) is 12.2. The summed E-state index contributed by atoms with van der Waals surface area (Å²) in [4.78, 5) is 0. The van der Waals surface area contributed by atoms with Crippen molar-refractivity contribution >= 4 is 8.80 Å². The first kappa shape index (κ1) is 23.3. The second-order valence-electron chi connectivity index (χ2n) is 12.6. The number of hydrogen-bond donors (Lipinski definition) is 1. The highest BCUT2D eigenvalue weighted by Gasteiger charge is 2.80. The van der Waals surface area contributed by atoms with Crippen LogP contribution in [0.3, 0.4) is 0 Å². The van der Waals surface area contributed by atoms with E-state index in [2.05, 4.69) is 20.8 Å². The maximum absolute atomic E-state index is 12.5. The number of hydrogen-bond acceptors (Lipinski definition) is 4. The quantitative estimate of drug-likeness (QED) is 0.634. The van der Waals surface area contributed by atoms with Gasteiger partial charge in [0, 0.05) is 5.41 Å². The SMILES string of the molecule is CC(C)(C)O[Si](OC(C)(C)C)(OC(C)(C)C)C1(O)CC2CCC1(C)C2(C)C. The van der Waals surface area contributed by atoms with Gasteiger partial charge in [0.1, 0.15) is 5.22 Å². The Labute approximate surface area is 168 Å². The fourth-order valence-corrected chi connectivity index (χ4v) is 9.93. The van der Waals surface area contributed by atoms with E-state index in [1.165, 1.54) is 0 Å². The summed E-state index contributed by atoms with van der Waals surface area (Å²) in [6.45, 7) is 25.0. The molecule has 4 nitrogen and oxygen atoms in total. The summed E-state index contributed by atoms with van der Waals surface area (Å²) in [5.41, 5.74) is -1.75. The van der Waals surface area contributed by atoms with Gasteiger partial charge in [0.2, 0.25) is 0 Å². The van der Waals surface area contributed by atoms with E-state index >= 15 is 0 Å². The largest absolute Gasteiger partial charge is 0.536 e. The van der Waals surface area contributed by atoms with Gasteiger partial charge in [-0.2, -0.15) is 0 Å². The van der Waals surface area contributed by atoms with Gasteiger partial charge in [0.15, 0.2) is 0 Å². The van der Waals surface area contributed by atoms with Crippen LogP contribution in [-0.4, -0.2) is 35.9 Å². The van der Waals surface area contributed by atoms with Gasteiger partial charge in [-0.05, 0) is 92.9 Å². The zero-order valence-corrected chi connectivity index (χ0v) is 20.9. The second-order valence-corrected chi connectivity index (χ2v) is 15.1. The van der Waals surface area contributed by atoms with Crippen molar-refractivity contribution in [2.24, 2.45) is 16.7 Å². The lowest BCUT2D eigenvalue weighted by Gasteiger charge is -2.55. The number of aliphatic hydroxyl groups is 1. The van der Waals surface area contributed by atoms with Crippen molar-refractivity contribution in [3.8, 4) is 0 Å². The van der Waals surface area contributed by atoms with Gasteiger partial charge in [0.05, 0.1) is 16.8 Å². The van der Waals surface area contributed by atoms with Crippen molar-refractivity contribution in [1.29, 1.82) is 0 Å². The molecule has 2 bridgehead atoms. The molecule has 3 atom stereocenters. The lowest BCUT2D eigenvalue weighted by molar-refractivity contribution is -0.156. The minimum absolute atomic E-state index is 0.0176. The third kappa shape index (κ3) is 3.92. The molecule has 3 unspecified atom stereocenters. The fraction of sp³-hybridized carbons (Fsp3) is 1.00. The van der Waals surface area contributed by atoms with Crippen LogP contribution >= 0.6 is 0 Å². The predicted molar refractivity (Wildman–Crippen MR) is 112 cm³/mol. The number of rotatable bonds is 4. The molecule has 0 saturated heterocycles. The highest BCUT2D eigenvalue weighted by molar-refractivity contribution is 6.64. The summed E-state index contributed by atoms with van der Waals surface area (Å²) >= 11 is 0. The summed E-state index contributed by atoms with van der Waals surface area (Å²) in [6.07, 6.45) is 2.81. The van der Waals surface area contributed by atoms with Crippen molar-refractivity contribution in [3.63, 3.8) is 0 Å². The highest BCUT2D eigenvalue weighted by atomic mass is 28.4. The van der Waals surface area contributed by atoms with Crippen LogP contribution in [0, 0.1) is 16.7 Å². The van der Waals surface area contributed by atoms with Crippen LogP contribution in [-0.2, 0) is 13.3 Å². The Hall–Kier alpha value is 0.0569. The Bertz CT molecular complexity index is 526. The number of fused-ring (bicyclic) bond motifs is 2. The van der Waals surface area contributed by atoms with E-state index in [4.69, 9.17) is 13.3 Å². The maximum atomic E-state index is 12.5. The monoisotopic (exact) mass is 400 g/mol.